The molecule has 0 spiro atoms. The highest BCUT2D eigenvalue weighted by atomic mass is 32.2. The second-order valence-corrected chi connectivity index (χ2v) is 7.43. The molecular weight excluding hydrogens is 278 g/mol. The number of sulfonamides is 1. The van der Waals surface area contributed by atoms with Crippen LogP contribution in [-0.2, 0) is 16.6 Å². The van der Waals surface area contributed by atoms with E-state index in [1.54, 1.807) is 4.68 Å². The second-order valence-electron chi connectivity index (χ2n) is 5.74. The molecule has 0 radical (unpaired) electrons. The van der Waals surface area contributed by atoms with Crippen molar-refractivity contribution >= 4 is 10.0 Å². The zero-order valence-electron chi connectivity index (χ0n) is 11.9. The predicted octanol–water partition coefficient (Wildman–Crippen LogP) is 1.27. The smallest absolute Gasteiger partial charge is 0.244 e. The summed E-state index contributed by atoms with van der Waals surface area (Å²) in [5.74, 6) is 0. The van der Waals surface area contributed by atoms with Crippen LogP contribution >= 0.6 is 0 Å². The first kappa shape index (κ1) is 15.5. The van der Waals surface area contributed by atoms with Crippen molar-refractivity contribution in [1.29, 1.82) is 0 Å². The van der Waals surface area contributed by atoms with E-state index in [1.807, 2.05) is 6.92 Å². The third-order valence-electron chi connectivity index (χ3n) is 3.80. The molecular formula is C13H23N3O3S. The molecule has 1 aliphatic rings. The number of hydrogen-bond acceptors (Lipinski definition) is 4. The van der Waals surface area contributed by atoms with Crippen LogP contribution in [0.5, 0.6) is 0 Å². The van der Waals surface area contributed by atoms with Crippen molar-refractivity contribution in [1.82, 2.24) is 14.5 Å². The Labute approximate surface area is 120 Å². The minimum atomic E-state index is -3.52. The predicted molar refractivity (Wildman–Crippen MR) is 75.7 cm³/mol. The molecule has 2 N–H and O–H groups in total. The normalized spacial score (nSPS) is 19.1. The molecule has 0 saturated heterocycles. The molecule has 2 rings (SSSR count). The molecule has 0 unspecified atom stereocenters. The Morgan fingerprint density at radius 1 is 1.40 bits per heavy atom. The Morgan fingerprint density at radius 2 is 2.10 bits per heavy atom. The van der Waals surface area contributed by atoms with Crippen molar-refractivity contribution in [3.8, 4) is 0 Å². The lowest BCUT2D eigenvalue weighted by Crippen LogP contribution is -2.46. The van der Waals surface area contributed by atoms with Crippen LogP contribution < -0.4 is 4.72 Å². The minimum Gasteiger partial charge on any atom is -0.396 e. The van der Waals surface area contributed by atoms with Crippen LogP contribution in [0.2, 0.25) is 0 Å². The summed E-state index contributed by atoms with van der Waals surface area (Å²) in [5, 5.41) is 12.8. The molecule has 7 heteroatoms. The maximum Gasteiger partial charge on any atom is 0.244 e. The summed E-state index contributed by atoms with van der Waals surface area (Å²) in [7, 11) is -3.52. The van der Waals surface area contributed by atoms with E-state index in [2.05, 4.69) is 9.82 Å². The lowest BCUT2D eigenvalue weighted by Gasteiger charge is -2.33. The van der Waals surface area contributed by atoms with E-state index in [0.717, 1.165) is 25.7 Å². The molecule has 114 valence electrons. The van der Waals surface area contributed by atoms with Gasteiger partial charge in [0.1, 0.15) is 4.90 Å². The number of nitrogens with one attached hydrogen (secondary N) is 1. The van der Waals surface area contributed by atoms with Gasteiger partial charge in [0.2, 0.25) is 10.0 Å². The largest absolute Gasteiger partial charge is 0.396 e. The summed E-state index contributed by atoms with van der Waals surface area (Å²) in [6, 6.07) is 0. The fraction of sp³-hybridized carbons (Fsp3) is 0.769. The van der Waals surface area contributed by atoms with Gasteiger partial charge in [-0.3, -0.25) is 4.68 Å². The van der Waals surface area contributed by atoms with Crippen LogP contribution in [0.25, 0.3) is 0 Å². The van der Waals surface area contributed by atoms with E-state index >= 15 is 0 Å². The molecule has 1 saturated carbocycles. The lowest BCUT2D eigenvalue weighted by molar-refractivity contribution is 0.277. The van der Waals surface area contributed by atoms with Gasteiger partial charge in [-0.25, -0.2) is 13.1 Å². The van der Waals surface area contributed by atoms with Gasteiger partial charge in [0.05, 0.1) is 6.20 Å². The van der Waals surface area contributed by atoms with E-state index in [4.69, 9.17) is 5.11 Å². The molecule has 1 aliphatic carbocycles. The van der Waals surface area contributed by atoms with Crippen LogP contribution in [-0.4, -0.2) is 35.5 Å². The number of aliphatic hydroxyl groups excluding tert-OH is 1. The molecule has 1 aromatic heterocycles. The van der Waals surface area contributed by atoms with Crippen LogP contribution in [0, 0.1) is 0 Å². The number of rotatable bonds is 6. The molecule has 0 aliphatic heterocycles. The van der Waals surface area contributed by atoms with Gasteiger partial charge in [0.15, 0.2) is 0 Å². The van der Waals surface area contributed by atoms with E-state index in [9.17, 15) is 8.42 Å². The van der Waals surface area contributed by atoms with E-state index in [0.29, 0.717) is 13.0 Å². The quantitative estimate of drug-likeness (QED) is 0.828. The van der Waals surface area contributed by atoms with Gasteiger partial charge in [-0.2, -0.15) is 5.10 Å². The third kappa shape index (κ3) is 3.80. The third-order valence-corrected chi connectivity index (χ3v) is 5.40. The SMILES string of the molecule is CC1(NS(=O)(=O)c2cnn(CCCO)c2)CCCCC1. The fourth-order valence-electron chi connectivity index (χ4n) is 2.66. The van der Waals surface area contributed by atoms with Gasteiger partial charge in [-0.05, 0) is 26.2 Å². The number of aryl methyl sites for hydroxylation is 1. The summed E-state index contributed by atoms with van der Waals surface area (Å²) in [6.07, 6.45) is 8.51. The maximum absolute atomic E-state index is 12.4. The summed E-state index contributed by atoms with van der Waals surface area (Å²) in [6.45, 7) is 2.56. The maximum atomic E-state index is 12.4. The van der Waals surface area contributed by atoms with Gasteiger partial charge in [0, 0.05) is 24.9 Å². The highest BCUT2D eigenvalue weighted by molar-refractivity contribution is 7.89. The van der Waals surface area contributed by atoms with Crippen molar-refractivity contribution in [2.45, 2.75) is 62.4 Å². The molecule has 6 nitrogen and oxygen atoms in total. The number of nitrogens with zero attached hydrogens (tertiary/aromatic N) is 2. The first-order valence-corrected chi connectivity index (χ1v) is 8.61. The van der Waals surface area contributed by atoms with Gasteiger partial charge < -0.3 is 5.11 Å². The van der Waals surface area contributed by atoms with Crippen molar-refractivity contribution in [2.24, 2.45) is 0 Å². The summed E-state index contributed by atoms with van der Waals surface area (Å²) >= 11 is 0. The van der Waals surface area contributed by atoms with Crippen molar-refractivity contribution in [2.75, 3.05) is 6.61 Å². The average Bonchev–Trinajstić information content (AvgIpc) is 2.85. The molecule has 0 bridgehead atoms. The Morgan fingerprint density at radius 3 is 2.75 bits per heavy atom. The average molecular weight is 301 g/mol. The molecule has 1 heterocycles. The molecule has 0 aromatic carbocycles. The van der Waals surface area contributed by atoms with Crippen molar-refractivity contribution in [3.63, 3.8) is 0 Å². The second kappa shape index (κ2) is 6.24. The number of aliphatic hydroxyl groups is 1. The Hall–Kier alpha value is -0.920. The lowest BCUT2D eigenvalue weighted by atomic mass is 9.84. The topological polar surface area (TPSA) is 84.2 Å². The molecule has 1 aromatic rings. The van der Waals surface area contributed by atoms with Crippen molar-refractivity contribution in [3.05, 3.63) is 12.4 Å². The van der Waals surface area contributed by atoms with Crippen molar-refractivity contribution < 1.29 is 13.5 Å². The van der Waals surface area contributed by atoms with Gasteiger partial charge in [-0.15, -0.1) is 0 Å². The fourth-order valence-corrected chi connectivity index (χ4v) is 4.07. The first-order valence-electron chi connectivity index (χ1n) is 7.12. The van der Waals surface area contributed by atoms with Gasteiger partial charge in [-0.1, -0.05) is 19.3 Å². The summed E-state index contributed by atoms with van der Waals surface area (Å²) < 4.78 is 29.1. The van der Waals surface area contributed by atoms with Gasteiger partial charge >= 0.3 is 0 Å². The van der Waals surface area contributed by atoms with E-state index in [1.165, 1.54) is 18.8 Å². The monoisotopic (exact) mass is 301 g/mol. The van der Waals surface area contributed by atoms with Gasteiger partial charge in [0.25, 0.3) is 0 Å². The van der Waals surface area contributed by atoms with E-state index < -0.39 is 10.0 Å². The summed E-state index contributed by atoms with van der Waals surface area (Å²) in [4.78, 5) is 0.197. The van der Waals surface area contributed by atoms with Crippen LogP contribution in [0.15, 0.2) is 17.3 Å². The molecule has 20 heavy (non-hydrogen) atoms. The first-order chi connectivity index (χ1) is 9.45. The number of hydrogen-bond donors (Lipinski definition) is 2. The van der Waals surface area contributed by atoms with Crippen LogP contribution in [0.4, 0.5) is 0 Å². The summed E-state index contributed by atoms with van der Waals surface area (Å²) in [5.41, 5.74) is -0.343. The minimum absolute atomic E-state index is 0.0677. The Balaban J connectivity index is 2.07. The Kier molecular flexibility index (Phi) is 4.82. The highest BCUT2D eigenvalue weighted by Crippen LogP contribution is 2.29. The van der Waals surface area contributed by atoms with Crippen LogP contribution in [0.1, 0.15) is 45.4 Å². The Bertz CT molecular complexity index is 533. The molecule has 0 amide bonds. The zero-order chi connectivity index (χ0) is 14.6. The van der Waals surface area contributed by atoms with Crippen LogP contribution in [0.3, 0.4) is 0 Å². The molecule has 0 atom stereocenters. The number of aromatic nitrogens is 2. The zero-order valence-corrected chi connectivity index (χ0v) is 12.7. The molecule has 1 fully saturated rings. The highest BCUT2D eigenvalue weighted by Gasteiger charge is 2.32. The van der Waals surface area contributed by atoms with E-state index in [-0.39, 0.29) is 17.0 Å². The standard InChI is InChI=1S/C13H23N3O3S/c1-13(6-3-2-4-7-13)15-20(18,19)12-10-14-16(11-12)8-5-9-17/h10-11,15,17H,2-9H2,1H3.